The normalized spacial score (nSPS) is 20.6. The van der Waals surface area contributed by atoms with E-state index < -0.39 is 64.5 Å². The third kappa shape index (κ3) is 8.77. The molecule has 1 aromatic rings. The summed E-state index contributed by atoms with van der Waals surface area (Å²) in [5, 5.41) is 10.2. The fourth-order valence-electron chi connectivity index (χ4n) is 5.78. The van der Waals surface area contributed by atoms with Crippen molar-refractivity contribution in [2.24, 2.45) is 34.3 Å². The number of allylic oxidation sites excluding steroid dienone is 1. The molecule has 45 heavy (non-hydrogen) atoms. The Balaban J connectivity index is 1.89. The Hall–Kier alpha value is -3.61. The number of nitrogens with two attached hydrogens (primary N) is 1. The number of Topliss-reactive ketones (excluding diaryl/α,β-unsaturated/α-hetero) is 2. The second-order valence-corrected chi connectivity index (χ2v) is 15.1. The van der Waals surface area contributed by atoms with Gasteiger partial charge in [-0.3, -0.25) is 24.0 Å². The van der Waals surface area contributed by atoms with Gasteiger partial charge >= 0.3 is 6.03 Å². The van der Waals surface area contributed by atoms with E-state index in [0.29, 0.717) is 12.8 Å². The molecule has 0 bridgehead atoms. The van der Waals surface area contributed by atoms with Gasteiger partial charge < -0.3 is 26.6 Å². The van der Waals surface area contributed by atoms with Crippen LogP contribution in [-0.4, -0.2) is 75.9 Å². The first-order valence-corrected chi connectivity index (χ1v) is 16.4. The quantitative estimate of drug-likeness (QED) is 0.136. The van der Waals surface area contributed by atoms with Crippen molar-refractivity contribution in [3.05, 3.63) is 29.2 Å². The number of likely N-dealkylation sites (tertiary alicyclic amines) is 1. The number of ketones is 2. The zero-order chi connectivity index (χ0) is 33.9. The Morgan fingerprint density at radius 1 is 1.07 bits per heavy atom. The molecule has 2 heterocycles. The molecule has 5 atom stereocenters. The highest BCUT2D eigenvalue weighted by molar-refractivity contribution is 7.11. The first-order valence-electron chi connectivity index (χ1n) is 15.5. The molecule has 5 N–H and O–H groups in total. The van der Waals surface area contributed by atoms with Crippen molar-refractivity contribution in [3.8, 4) is 0 Å². The number of nitrogens with one attached hydrogen (secondary N) is 3. The van der Waals surface area contributed by atoms with Gasteiger partial charge in [0.2, 0.25) is 23.4 Å². The SMILES string of the molecule is C=CC(C)(C)[C@H]1CCN(C(=O)[C@@H](NC(=O)N[C@H](C(=O)c2nccs2)C(C)C)C(C)(C)C)C1C(=O)NC(CC1CC1)C(=O)C(N)=O. The van der Waals surface area contributed by atoms with Crippen LogP contribution in [0.5, 0.6) is 0 Å². The summed E-state index contributed by atoms with van der Waals surface area (Å²) in [5.74, 6) is -3.77. The molecule has 1 aromatic heterocycles. The van der Waals surface area contributed by atoms with E-state index in [4.69, 9.17) is 5.73 Å². The molecule has 3 rings (SSSR count). The van der Waals surface area contributed by atoms with Crippen LogP contribution in [-0.2, 0) is 19.2 Å². The highest BCUT2D eigenvalue weighted by atomic mass is 32.1. The van der Waals surface area contributed by atoms with E-state index in [1.165, 1.54) is 22.4 Å². The zero-order valence-corrected chi connectivity index (χ0v) is 28.2. The second-order valence-electron chi connectivity index (χ2n) is 14.2. The molecule has 248 valence electrons. The molecule has 12 nitrogen and oxygen atoms in total. The standard InChI is InChI=1S/C32H48N6O6S/c1-9-32(7,8)19-12-14-38(22(19)27(42)35-20(16-18-10-11-18)23(39)26(33)41)29(43)25(31(4,5)6)37-30(44)36-21(17(2)3)24(40)28-34-13-15-45-28/h9,13,15,17-22,25H,1,10-12,14,16H2,2-8H3,(H2,33,41)(H,35,42)(H2,36,37,44)/t19-,20?,21-,22?,25+/m0/s1. The van der Waals surface area contributed by atoms with Crippen LogP contribution in [0.15, 0.2) is 24.2 Å². The molecule has 2 unspecified atom stereocenters. The number of aromatic nitrogens is 1. The highest BCUT2D eigenvalue weighted by Crippen LogP contribution is 2.41. The number of hydrogen-bond donors (Lipinski definition) is 4. The van der Waals surface area contributed by atoms with Gasteiger partial charge in [0.1, 0.15) is 12.1 Å². The molecule has 13 heteroatoms. The first kappa shape index (κ1) is 35.9. The molecule has 1 saturated heterocycles. The second kappa shape index (κ2) is 14.2. The molecule has 0 aromatic carbocycles. The van der Waals surface area contributed by atoms with Gasteiger partial charge in [-0.1, -0.05) is 67.4 Å². The first-order chi connectivity index (χ1) is 20.9. The minimum Gasteiger partial charge on any atom is -0.363 e. The fourth-order valence-corrected chi connectivity index (χ4v) is 6.40. The van der Waals surface area contributed by atoms with Crippen molar-refractivity contribution in [2.45, 2.75) is 98.3 Å². The van der Waals surface area contributed by atoms with E-state index in [9.17, 15) is 28.8 Å². The summed E-state index contributed by atoms with van der Waals surface area (Å²) in [6, 6.07) is -4.74. The number of hydrogen-bond acceptors (Lipinski definition) is 8. The van der Waals surface area contributed by atoms with E-state index in [2.05, 4.69) is 27.5 Å². The number of thiazole rings is 1. The van der Waals surface area contributed by atoms with Gasteiger partial charge in [0, 0.05) is 18.1 Å². The molecule has 0 radical (unpaired) electrons. The number of rotatable bonds is 14. The van der Waals surface area contributed by atoms with Crippen LogP contribution in [0.3, 0.4) is 0 Å². The van der Waals surface area contributed by atoms with Gasteiger partial charge in [-0.25, -0.2) is 9.78 Å². The minimum atomic E-state index is -1.13. The molecular weight excluding hydrogens is 596 g/mol. The van der Waals surface area contributed by atoms with Crippen molar-refractivity contribution in [3.63, 3.8) is 0 Å². The molecule has 2 fully saturated rings. The number of urea groups is 1. The molecule has 5 amide bonds. The zero-order valence-electron chi connectivity index (χ0n) is 27.3. The third-order valence-corrected chi connectivity index (χ3v) is 9.63. The summed E-state index contributed by atoms with van der Waals surface area (Å²) in [6.45, 7) is 17.0. The van der Waals surface area contributed by atoms with Gasteiger partial charge in [-0.05, 0) is 41.4 Å². The number of primary amides is 1. The Labute approximate surface area is 269 Å². The van der Waals surface area contributed by atoms with E-state index >= 15 is 0 Å². The highest BCUT2D eigenvalue weighted by Gasteiger charge is 2.51. The van der Waals surface area contributed by atoms with Crippen LogP contribution in [0.25, 0.3) is 0 Å². The summed E-state index contributed by atoms with van der Waals surface area (Å²) in [6.07, 6.45) is 5.82. The van der Waals surface area contributed by atoms with Crippen molar-refractivity contribution < 1.29 is 28.8 Å². The lowest BCUT2D eigenvalue weighted by Crippen LogP contribution is -2.62. The summed E-state index contributed by atoms with van der Waals surface area (Å²) in [5.41, 5.74) is 3.94. The maximum atomic E-state index is 14.3. The van der Waals surface area contributed by atoms with E-state index in [1.807, 2.05) is 13.8 Å². The van der Waals surface area contributed by atoms with Crippen LogP contribution in [0.1, 0.15) is 84.0 Å². The summed E-state index contributed by atoms with van der Waals surface area (Å²) in [4.78, 5) is 84.7. The Bertz CT molecular complexity index is 1300. The lowest BCUT2D eigenvalue weighted by Gasteiger charge is -2.39. The van der Waals surface area contributed by atoms with Gasteiger partial charge in [0.05, 0.1) is 12.1 Å². The van der Waals surface area contributed by atoms with Crippen molar-refractivity contribution >= 4 is 46.7 Å². The van der Waals surface area contributed by atoms with E-state index in [1.54, 1.807) is 46.1 Å². The largest absolute Gasteiger partial charge is 0.363 e. The van der Waals surface area contributed by atoms with E-state index in [0.717, 1.165) is 12.8 Å². The molecule has 1 saturated carbocycles. The lowest BCUT2D eigenvalue weighted by molar-refractivity contribution is -0.144. The smallest absolute Gasteiger partial charge is 0.316 e. The van der Waals surface area contributed by atoms with Crippen LogP contribution in [0, 0.1) is 28.6 Å². The Morgan fingerprint density at radius 3 is 2.20 bits per heavy atom. The predicted molar refractivity (Wildman–Crippen MR) is 171 cm³/mol. The van der Waals surface area contributed by atoms with Crippen LogP contribution >= 0.6 is 11.3 Å². The fraction of sp³-hybridized carbons (Fsp3) is 0.656. The Kier molecular flexibility index (Phi) is 11.3. The molecule has 1 aliphatic heterocycles. The number of nitrogens with zero attached hydrogens (tertiary/aromatic N) is 2. The third-order valence-electron chi connectivity index (χ3n) is 8.84. The monoisotopic (exact) mass is 644 g/mol. The maximum absolute atomic E-state index is 14.3. The van der Waals surface area contributed by atoms with Crippen LogP contribution in [0.2, 0.25) is 0 Å². The molecular formula is C32H48N6O6S. The van der Waals surface area contributed by atoms with Crippen molar-refractivity contribution in [1.29, 1.82) is 0 Å². The summed E-state index contributed by atoms with van der Waals surface area (Å²) >= 11 is 1.18. The number of carbonyl (C=O) groups is 6. The Morgan fingerprint density at radius 2 is 1.71 bits per heavy atom. The number of amides is 5. The average molecular weight is 645 g/mol. The van der Waals surface area contributed by atoms with Crippen LogP contribution in [0.4, 0.5) is 4.79 Å². The molecule has 0 spiro atoms. The average Bonchev–Trinajstić information content (AvgIpc) is 3.41. The predicted octanol–water partition coefficient (Wildman–Crippen LogP) is 2.83. The lowest BCUT2D eigenvalue weighted by atomic mass is 9.74. The van der Waals surface area contributed by atoms with Gasteiger partial charge in [-0.2, -0.15) is 0 Å². The molecule has 2 aliphatic rings. The maximum Gasteiger partial charge on any atom is 0.316 e. The van der Waals surface area contributed by atoms with Crippen LogP contribution < -0.4 is 21.7 Å². The number of carbonyl (C=O) groups excluding carboxylic acids is 6. The van der Waals surface area contributed by atoms with E-state index in [-0.39, 0.29) is 35.1 Å². The van der Waals surface area contributed by atoms with Crippen molar-refractivity contribution in [1.82, 2.24) is 25.8 Å². The van der Waals surface area contributed by atoms with Gasteiger partial charge in [-0.15, -0.1) is 17.9 Å². The van der Waals surface area contributed by atoms with Gasteiger partial charge in [0.15, 0.2) is 5.01 Å². The summed E-state index contributed by atoms with van der Waals surface area (Å²) < 4.78 is 0. The topological polar surface area (TPSA) is 181 Å². The molecule has 1 aliphatic carbocycles. The summed E-state index contributed by atoms with van der Waals surface area (Å²) in [7, 11) is 0. The van der Waals surface area contributed by atoms with Crippen molar-refractivity contribution in [2.75, 3.05) is 6.54 Å². The minimum absolute atomic E-state index is 0.213. The van der Waals surface area contributed by atoms with Gasteiger partial charge in [0.25, 0.3) is 5.91 Å².